The minimum atomic E-state index is 0.334. The molecule has 0 amide bonds. The van der Waals surface area contributed by atoms with Gasteiger partial charge in [-0.05, 0) is 58.4 Å². The van der Waals surface area contributed by atoms with E-state index in [0.717, 1.165) is 12.1 Å². The number of aromatic nitrogens is 1. The zero-order valence-electron chi connectivity index (χ0n) is 13.3. The third-order valence-electron chi connectivity index (χ3n) is 3.89. The Hall–Kier alpha value is -1.19. The van der Waals surface area contributed by atoms with Gasteiger partial charge < -0.3 is 5.32 Å². The molecular formula is C17H24N2S. The second-order valence-corrected chi connectivity index (χ2v) is 6.89. The summed E-state index contributed by atoms with van der Waals surface area (Å²) >= 11 is 1.82. The van der Waals surface area contributed by atoms with E-state index in [0.29, 0.717) is 6.04 Å². The van der Waals surface area contributed by atoms with E-state index < -0.39 is 0 Å². The molecule has 3 heteroatoms. The highest BCUT2D eigenvalue weighted by Crippen LogP contribution is 2.28. The Bertz CT molecular complexity index is 571. The first-order valence-electron chi connectivity index (χ1n) is 7.10. The second-order valence-electron chi connectivity index (χ2n) is 5.61. The summed E-state index contributed by atoms with van der Waals surface area (Å²) < 4.78 is 0. The molecule has 0 radical (unpaired) electrons. The topological polar surface area (TPSA) is 24.9 Å². The Morgan fingerprint density at radius 2 is 1.70 bits per heavy atom. The van der Waals surface area contributed by atoms with Crippen LogP contribution in [0.1, 0.15) is 43.9 Å². The van der Waals surface area contributed by atoms with Crippen molar-refractivity contribution >= 4 is 11.3 Å². The highest BCUT2D eigenvalue weighted by molar-refractivity contribution is 7.11. The maximum atomic E-state index is 4.68. The van der Waals surface area contributed by atoms with Crippen molar-refractivity contribution in [2.45, 2.75) is 47.1 Å². The molecule has 0 saturated carbocycles. The van der Waals surface area contributed by atoms with Gasteiger partial charge in [0.15, 0.2) is 0 Å². The molecular weight excluding hydrogens is 264 g/mol. The minimum Gasteiger partial charge on any atom is -0.313 e. The first-order valence-corrected chi connectivity index (χ1v) is 7.92. The van der Waals surface area contributed by atoms with E-state index in [9.17, 15) is 0 Å². The number of nitrogens with zero attached hydrogens (tertiary/aromatic N) is 1. The molecule has 0 aliphatic heterocycles. The lowest BCUT2D eigenvalue weighted by Crippen LogP contribution is -2.21. The van der Waals surface area contributed by atoms with Gasteiger partial charge in [-0.3, -0.25) is 0 Å². The molecule has 1 atom stereocenters. The van der Waals surface area contributed by atoms with Crippen LogP contribution in [0.2, 0.25) is 0 Å². The van der Waals surface area contributed by atoms with E-state index in [1.165, 1.54) is 32.1 Å². The standard InChI is InChI=1S/C17H24N2S/c1-10-7-11(2)17(12(3)8-10)15(18-6)9-16-19-13(4)14(5)20-16/h7-8,15,18H,9H2,1-6H3. The van der Waals surface area contributed by atoms with E-state index >= 15 is 0 Å². The zero-order chi connectivity index (χ0) is 14.9. The number of nitrogens with one attached hydrogen (secondary N) is 1. The molecule has 0 aliphatic carbocycles. The van der Waals surface area contributed by atoms with Gasteiger partial charge >= 0.3 is 0 Å². The van der Waals surface area contributed by atoms with Crippen LogP contribution in [-0.2, 0) is 6.42 Å². The number of thiazole rings is 1. The van der Waals surface area contributed by atoms with Crippen molar-refractivity contribution in [1.82, 2.24) is 10.3 Å². The molecule has 108 valence electrons. The summed E-state index contributed by atoms with van der Waals surface area (Å²) in [5.41, 5.74) is 6.65. The van der Waals surface area contributed by atoms with Crippen LogP contribution in [0.3, 0.4) is 0 Å². The highest BCUT2D eigenvalue weighted by atomic mass is 32.1. The predicted octanol–water partition coefficient (Wildman–Crippen LogP) is 4.19. The lowest BCUT2D eigenvalue weighted by atomic mass is 9.92. The van der Waals surface area contributed by atoms with Crippen molar-refractivity contribution in [2.75, 3.05) is 7.05 Å². The Balaban J connectivity index is 2.33. The molecule has 0 spiro atoms. The van der Waals surface area contributed by atoms with Gasteiger partial charge in [0.05, 0.1) is 10.7 Å². The van der Waals surface area contributed by atoms with Gasteiger partial charge in [-0.15, -0.1) is 11.3 Å². The maximum Gasteiger partial charge on any atom is 0.0949 e. The average Bonchev–Trinajstić information content (AvgIpc) is 2.65. The molecule has 0 saturated heterocycles. The number of aryl methyl sites for hydroxylation is 5. The second kappa shape index (κ2) is 6.06. The average molecular weight is 288 g/mol. The van der Waals surface area contributed by atoms with Gasteiger partial charge in [0.1, 0.15) is 0 Å². The first-order chi connectivity index (χ1) is 9.42. The molecule has 2 rings (SSSR count). The molecule has 1 N–H and O–H groups in total. The van der Waals surface area contributed by atoms with E-state index in [4.69, 9.17) is 0 Å². The molecule has 20 heavy (non-hydrogen) atoms. The van der Waals surface area contributed by atoms with Crippen LogP contribution in [0.25, 0.3) is 0 Å². The summed E-state index contributed by atoms with van der Waals surface area (Å²) in [7, 11) is 2.04. The molecule has 0 aliphatic rings. The Kier molecular flexibility index (Phi) is 4.61. The van der Waals surface area contributed by atoms with Crippen LogP contribution in [0, 0.1) is 34.6 Å². The van der Waals surface area contributed by atoms with Crippen molar-refractivity contribution in [3.8, 4) is 0 Å². The summed E-state index contributed by atoms with van der Waals surface area (Å²) in [6.45, 7) is 10.8. The zero-order valence-corrected chi connectivity index (χ0v) is 14.1. The monoisotopic (exact) mass is 288 g/mol. The van der Waals surface area contributed by atoms with Crippen LogP contribution >= 0.6 is 11.3 Å². The summed E-state index contributed by atoms with van der Waals surface area (Å²) in [4.78, 5) is 6.00. The summed E-state index contributed by atoms with van der Waals surface area (Å²) in [6, 6.07) is 4.87. The van der Waals surface area contributed by atoms with Crippen LogP contribution in [0.15, 0.2) is 12.1 Å². The molecule has 1 heterocycles. The fourth-order valence-corrected chi connectivity index (χ4v) is 3.87. The molecule has 1 unspecified atom stereocenters. The van der Waals surface area contributed by atoms with Crippen molar-refractivity contribution in [1.29, 1.82) is 0 Å². The Morgan fingerprint density at radius 3 is 2.15 bits per heavy atom. The SMILES string of the molecule is CNC(Cc1nc(C)c(C)s1)c1c(C)cc(C)cc1C. The lowest BCUT2D eigenvalue weighted by molar-refractivity contribution is 0.583. The summed E-state index contributed by atoms with van der Waals surface area (Å²) in [5.74, 6) is 0. The molecule has 1 aromatic carbocycles. The van der Waals surface area contributed by atoms with Crippen LogP contribution < -0.4 is 5.32 Å². The fourth-order valence-electron chi connectivity index (χ4n) is 2.89. The Morgan fingerprint density at radius 1 is 1.10 bits per heavy atom. The largest absolute Gasteiger partial charge is 0.313 e. The van der Waals surface area contributed by atoms with E-state index in [1.807, 2.05) is 18.4 Å². The van der Waals surface area contributed by atoms with Gasteiger partial charge in [-0.25, -0.2) is 4.98 Å². The fraction of sp³-hybridized carbons (Fsp3) is 0.471. The molecule has 2 nitrogen and oxygen atoms in total. The number of likely N-dealkylation sites (N-methyl/N-ethyl adjacent to an activating group) is 1. The van der Waals surface area contributed by atoms with Gasteiger partial charge in [0.2, 0.25) is 0 Å². The lowest BCUT2D eigenvalue weighted by Gasteiger charge is -2.21. The van der Waals surface area contributed by atoms with Crippen molar-refractivity contribution in [2.24, 2.45) is 0 Å². The minimum absolute atomic E-state index is 0.334. The van der Waals surface area contributed by atoms with Gasteiger partial charge in [0.25, 0.3) is 0 Å². The van der Waals surface area contributed by atoms with E-state index in [-0.39, 0.29) is 0 Å². The van der Waals surface area contributed by atoms with Crippen LogP contribution in [0.4, 0.5) is 0 Å². The number of rotatable bonds is 4. The predicted molar refractivity (Wildman–Crippen MR) is 87.7 cm³/mol. The summed E-state index contributed by atoms with van der Waals surface area (Å²) in [6.07, 6.45) is 0.959. The Labute approximate surface area is 126 Å². The van der Waals surface area contributed by atoms with Crippen molar-refractivity contribution in [3.63, 3.8) is 0 Å². The third kappa shape index (κ3) is 3.10. The highest BCUT2D eigenvalue weighted by Gasteiger charge is 2.17. The van der Waals surface area contributed by atoms with E-state index in [1.54, 1.807) is 0 Å². The molecule has 1 aromatic heterocycles. The normalized spacial score (nSPS) is 12.7. The molecule has 0 fully saturated rings. The number of benzene rings is 1. The quantitative estimate of drug-likeness (QED) is 0.912. The van der Waals surface area contributed by atoms with Crippen molar-refractivity contribution < 1.29 is 0 Å². The number of hydrogen-bond acceptors (Lipinski definition) is 3. The molecule has 2 aromatic rings. The van der Waals surface area contributed by atoms with Gasteiger partial charge in [-0.2, -0.15) is 0 Å². The third-order valence-corrected chi connectivity index (χ3v) is 4.98. The molecule has 0 bridgehead atoms. The number of hydrogen-bond donors (Lipinski definition) is 1. The van der Waals surface area contributed by atoms with Crippen molar-refractivity contribution in [3.05, 3.63) is 50.0 Å². The van der Waals surface area contributed by atoms with E-state index in [2.05, 4.69) is 57.1 Å². The smallest absolute Gasteiger partial charge is 0.0949 e. The first kappa shape index (κ1) is 15.2. The van der Waals surface area contributed by atoms with Gasteiger partial charge in [0, 0.05) is 17.3 Å². The van der Waals surface area contributed by atoms with Crippen LogP contribution in [-0.4, -0.2) is 12.0 Å². The van der Waals surface area contributed by atoms with Gasteiger partial charge in [-0.1, -0.05) is 17.7 Å². The van der Waals surface area contributed by atoms with Crippen LogP contribution in [0.5, 0.6) is 0 Å². The maximum absolute atomic E-state index is 4.68. The summed E-state index contributed by atoms with van der Waals surface area (Å²) in [5, 5.41) is 4.68.